The second kappa shape index (κ2) is 4.98. The lowest BCUT2D eigenvalue weighted by atomic mass is 10.0. The van der Waals surface area contributed by atoms with Crippen molar-refractivity contribution in [2.45, 2.75) is 0 Å². The lowest BCUT2D eigenvalue weighted by Crippen LogP contribution is -2.04. The van der Waals surface area contributed by atoms with E-state index in [4.69, 9.17) is 10.5 Å². The molecule has 20 heavy (non-hydrogen) atoms. The standard InChI is InChI=1S/C16H13NO2S/c1-19-14-7-6-10(17)8-12(14)16(18)13-9-20-15-5-3-2-4-11(13)15/h2-9H,17H2,1H3. The first-order valence-electron chi connectivity index (χ1n) is 6.15. The van der Waals surface area contributed by atoms with Gasteiger partial charge >= 0.3 is 0 Å². The van der Waals surface area contributed by atoms with E-state index in [1.165, 1.54) is 0 Å². The Kier molecular flexibility index (Phi) is 3.16. The molecule has 2 aromatic carbocycles. The Morgan fingerprint density at radius 2 is 1.95 bits per heavy atom. The molecule has 4 heteroatoms. The van der Waals surface area contributed by atoms with Gasteiger partial charge in [0.15, 0.2) is 5.78 Å². The zero-order valence-electron chi connectivity index (χ0n) is 10.9. The average molecular weight is 283 g/mol. The maximum absolute atomic E-state index is 12.7. The largest absolute Gasteiger partial charge is 0.496 e. The first kappa shape index (κ1) is 12.7. The second-order valence-corrected chi connectivity index (χ2v) is 5.35. The number of ketones is 1. The van der Waals surface area contributed by atoms with Crippen molar-refractivity contribution in [3.05, 3.63) is 59.0 Å². The molecule has 0 fully saturated rings. The lowest BCUT2D eigenvalue weighted by molar-refractivity contribution is 0.103. The van der Waals surface area contributed by atoms with Gasteiger partial charge in [-0.15, -0.1) is 11.3 Å². The first-order chi connectivity index (χ1) is 9.70. The van der Waals surface area contributed by atoms with Crippen molar-refractivity contribution in [1.29, 1.82) is 0 Å². The Hall–Kier alpha value is -2.33. The number of anilines is 1. The summed E-state index contributed by atoms with van der Waals surface area (Å²) in [6.45, 7) is 0. The van der Waals surface area contributed by atoms with Crippen LogP contribution >= 0.6 is 11.3 Å². The molecule has 0 atom stereocenters. The minimum Gasteiger partial charge on any atom is -0.496 e. The van der Waals surface area contributed by atoms with Crippen molar-refractivity contribution in [2.75, 3.05) is 12.8 Å². The molecule has 0 saturated heterocycles. The van der Waals surface area contributed by atoms with Gasteiger partial charge in [0, 0.05) is 26.7 Å². The molecular formula is C16H13NO2S. The fourth-order valence-corrected chi connectivity index (χ4v) is 3.14. The third kappa shape index (κ3) is 2.04. The molecule has 0 unspecified atom stereocenters. The molecule has 1 heterocycles. The van der Waals surface area contributed by atoms with Crippen molar-refractivity contribution in [3.8, 4) is 5.75 Å². The van der Waals surface area contributed by atoms with E-state index in [1.54, 1.807) is 36.6 Å². The van der Waals surface area contributed by atoms with Crippen LogP contribution in [0, 0.1) is 0 Å². The summed E-state index contributed by atoms with van der Waals surface area (Å²) in [7, 11) is 1.55. The maximum Gasteiger partial charge on any atom is 0.198 e. The molecular weight excluding hydrogens is 270 g/mol. The molecule has 3 nitrogen and oxygen atoms in total. The van der Waals surface area contributed by atoms with Crippen LogP contribution in [0.4, 0.5) is 5.69 Å². The van der Waals surface area contributed by atoms with Gasteiger partial charge in [-0.3, -0.25) is 4.79 Å². The van der Waals surface area contributed by atoms with Crippen LogP contribution in [0.2, 0.25) is 0 Å². The molecule has 1 aromatic heterocycles. The Balaban J connectivity index is 2.15. The van der Waals surface area contributed by atoms with E-state index in [2.05, 4.69) is 0 Å². The molecule has 0 radical (unpaired) electrons. The van der Waals surface area contributed by atoms with Gasteiger partial charge in [-0.2, -0.15) is 0 Å². The van der Waals surface area contributed by atoms with Gasteiger partial charge < -0.3 is 10.5 Å². The summed E-state index contributed by atoms with van der Waals surface area (Å²) in [5.74, 6) is 0.478. The van der Waals surface area contributed by atoms with Gasteiger partial charge in [-0.1, -0.05) is 18.2 Å². The average Bonchev–Trinajstić information content (AvgIpc) is 2.90. The molecule has 0 aliphatic carbocycles. The Labute approximate surface area is 120 Å². The predicted molar refractivity (Wildman–Crippen MR) is 82.7 cm³/mol. The molecule has 0 spiro atoms. The van der Waals surface area contributed by atoms with E-state index < -0.39 is 0 Å². The molecule has 3 rings (SSSR count). The number of ether oxygens (including phenoxy) is 1. The molecule has 2 N–H and O–H groups in total. The summed E-state index contributed by atoms with van der Waals surface area (Å²) in [5.41, 5.74) is 7.52. The van der Waals surface area contributed by atoms with E-state index in [-0.39, 0.29) is 5.78 Å². The minimum atomic E-state index is -0.0633. The first-order valence-corrected chi connectivity index (χ1v) is 7.03. The van der Waals surface area contributed by atoms with Crippen LogP contribution in [-0.2, 0) is 0 Å². The van der Waals surface area contributed by atoms with Crippen LogP contribution in [0.1, 0.15) is 15.9 Å². The molecule has 0 amide bonds. The van der Waals surface area contributed by atoms with Crippen molar-refractivity contribution in [2.24, 2.45) is 0 Å². The molecule has 0 bridgehead atoms. The summed E-state index contributed by atoms with van der Waals surface area (Å²) in [5, 5.41) is 2.85. The zero-order chi connectivity index (χ0) is 14.1. The van der Waals surface area contributed by atoms with Crippen molar-refractivity contribution >= 4 is 32.9 Å². The van der Waals surface area contributed by atoms with Gasteiger partial charge in [-0.25, -0.2) is 0 Å². The highest BCUT2D eigenvalue weighted by Gasteiger charge is 2.18. The van der Waals surface area contributed by atoms with E-state index in [1.807, 2.05) is 29.6 Å². The van der Waals surface area contributed by atoms with Crippen LogP contribution in [0.15, 0.2) is 47.8 Å². The summed E-state index contributed by atoms with van der Waals surface area (Å²) in [4.78, 5) is 12.7. The Morgan fingerprint density at radius 1 is 1.15 bits per heavy atom. The van der Waals surface area contributed by atoms with E-state index in [0.717, 1.165) is 10.1 Å². The SMILES string of the molecule is COc1ccc(N)cc1C(=O)c1csc2ccccc12. The van der Waals surface area contributed by atoms with Crippen LogP contribution in [0.5, 0.6) is 5.75 Å². The van der Waals surface area contributed by atoms with Crippen LogP contribution in [-0.4, -0.2) is 12.9 Å². The van der Waals surface area contributed by atoms with E-state index in [9.17, 15) is 4.79 Å². The quantitative estimate of drug-likeness (QED) is 0.588. The number of methoxy groups -OCH3 is 1. The molecule has 3 aromatic rings. The van der Waals surface area contributed by atoms with E-state index in [0.29, 0.717) is 22.6 Å². The molecule has 0 aliphatic rings. The molecule has 100 valence electrons. The number of nitrogens with two attached hydrogens (primary N) is 1. The van der Waals surface area contributed by atoms with Crippen LogP contribution < -0.4 is 10.5 Å². The summed E-state index contributed by atoms with van der Waals surface area (Å²) >= 11 is 1.56. The lowest BCUT2D eigenvalue weighted by Gasteiger charge is -2.08. The maximum atomic E-state index is 12.7. The second-order valence-electron chi connectivity index (χ2n) is 4.43. The summed E-state index contributed by atoms with van der Waals surface area (Å²) in [6, 6.07) is 13.0. The van der Waals surface area contributed by atoms with Crippen molar-refractivity contribution in [1.82, 2.24) is 0 Å². The summed E-state index contributed by atoms with van der Waals surface area (Å²) in [6.07, 6.45) is 0. The van der Waals surface area contributed by atoms with Gasteiger partial charge in [0.2, 0.25) is 0 Å². The fourth-order valence-electron chi connectivity index (χ4n) is 2.20. The number of nitrogen functional groups attached to an aromatic ring is 1. The van der Waals surface area contributed by atoms with Crippen molar-refractivity contribution in [3.63, 3.8) is 0 Å². The molecule has 0 aliphatic heterocycles. The highest BCUT2D eigenvalue weighted by molar-refractivity contribution is 7.17. The Morgan fingerprint density at radius 3 is 2.75 bits per heavy atom. The zero-order valence-corrected chi connectivity index (χ0v) is 11.7. The smallest absolute Gasteiger partial charge is 0.198 e. The van der Waals surface area contributed by atoms with E-state index >= 15 is 0 Å². The highest BCUT2D eigenvalue weighted by Crippen LogP contribution is 2.30. The number of rotatable bonds is 3. The van der Waals surface area contributed by atoms with Gasteiger partial charge in [-0.05, 0) is 24.3 Å². The number of hydrogen-bond acceptors (Lipinski definition) is 4. The van der Waals surface area contributed by atoms with Gasteiger partial charge in [0.25, 0.3) is 0 Å². The highest BCUT2D eigenvalue weighted by atomic mass is 32.1. The monoisotopic (exact) mass is 283 g/mol. The van der Waals surface area contributed by atoms with Crippen molar-refractivity contribution < 1.29 is 9.53 Å². The topological polar surface area (TPSA) is 52.3 Å². The molecule has 0 saturated carbocycles. The number of carbonyl (C=O) groups is 1. The number of hydrogen-bond donors (Lipinski definition) is 1. The number of benzene rings is 2. The number of fused-ring (bicyclic) bond motifs is 1. The normalized spacial score (nSPS) is 10.7. The predicted octanol–water partition coefficient (Wildman–Crippen LogP) is 3.72. The third-order valence-corrected chi connectivity index (χ3v) is 4.16. The van der Waals surface area contributed by atoms with Crippen LogP contribution in [0.3, 0.4) is 0 Å². The number of thiophene rings is 1. The van der Waals surface area contributed by atoms with Gasteiger partial charge in [0.1, 0.15) is 5.75 Å². The van der Waals surface area contributed by atoms with Crippen LogP contribution in [0.25, 0.3) is 10.1 Å². The van der Waals surface area contributed by atoms with Gasteiger partial charge in [0.05, 0.1) is 12.7 Å². The Bertz CT molecular complexity index is 792. The fraction of sp³-hybridized carbons (Fsp3) is 0.0625. The third-order valence-electron chi connectivity index (χ3n) is 3.19. The minimum absolute atomic E-state index is 0.0633. The number of carbonyl (C=O) groups excluding carboxylic acids is 1. The summed E-state index contributed by atoms with van der Waals surface area (Å²) < 4.78 is 6.35.